The first kappa shape index (κ1) is 14.9. The highest BCUT2D eigenvalue weighted by atomic mass is 16.4. The minimum Gasteiger partial charge on any atom is -0.481 e. The average molecular weight is 232 g/mol. The zero-order valence-electron chi connectivity index (χ0n) is 10.1. The maximum atomic E-state index is 11.4. The normalized spacial score (nSPS) is 17.6. The lowest BCUT2D eigenvalue weighted by molar-refractivity contribution is -0.172. The molecule has 0 saturated heterocycles. The van der Waals surface area contributed by atoms with E-state index in [-0.39, 0.29) is 6.42 Å². The summed E-state index contributed by atoms with van der Waals surface area (Å²) in [6.45, 7) is 6.71. The molecule has 0 saturated carbocycles. The van der Waals surface area contributed by atoms with Crippen molar-refractivity contribution in [2.45, 2.75) is 46.6 Å². The molecule has 0 fully saturated rings. The molecule has 5 nitrogen and oxygen atoms in total. The summed E-state index contributed by atoms with van der Waals surface area (Å²) >= 11 is 0. The van der Waals surface area contributed by atoms with Gasteiger partial charge in [0.25, 0.3) is 0 Å². The molecule has 0 radical (unpaired) electrons. The lowest BCUT2D eigenvalue weighted by atomic mass is 9.61. The number of carboxylic acid groups (broad SMARTS) is 2. The molecule has 2 atom stereocenters. The van der Waals surface area contributed by atoms with Gasteiger partial charge in [-0.25, -0.2) is 0 Å². The lowest BCUT2D eigenvalue weighted by Crippen LogP contribution is -2.52. The molecule has 0 aliphatic carbocycles. The van der Waals surface area contributed by atoms with Crippen molar-refractivity contribution in [3.05, 3.63) is 0 Å². The van der Waals surface area contributed by atoms with Crippen LogP contribution in [-0.4, -0.2) is 33.4 Å². The Labute approximate surface area is 95.1 Å². The molecule has 0 aromatic carbocycles. The van der Waals surface area contributed by atoms with Crippen LogP contribution in [0.5, 0.6) is 0 Å². The van der Waals surface area contributed by atoms with Crippen LogP contribution in [0.25, 0.3) is 0 Å². The van der Waals surface area contributed by atoms with Gasteiger partial charge in [-0.1, -0.05) is 27.7 Å². The molecule has 0 aromatic rings. The van der Waals surface area contributed by atoms with Crippen LogP contribution >= 0.6 is 0 Å². The van der Waals surface area contributed by atoms with Crippen molar-refractivity contribution in [3.63, 3.8) is 0 Å². The van der Waals surface area contributed by atoms with Crippen LogP contribution in [0.2, 0.25) is 0 Å². The predicted octanol–water partition coefficient (Wildman–Crippen LogP) is 1.35. The second kappa shape index (κ2) is 4.82. The van der Waals surface area contributed by atoms with Crippen LogP contribution in [0, 0.1) is 10.8 Å². The van der Waals surface area contributed by atoms with Crippen LogP contribution in [0.1, 0.15) is 40.5 Å². The average Bonchev–Trinajstić information content (AvgIpc) is 2.00. The van der Waals surface area contributed by atoms with Gasteiger partial charge in [0.15, 0.2) is 0 Å². The van der Waals surface area contributed by atoms with E-state index < -0.39 is 35.3 Å². The summed E-state index contributed by atoms with van der Waals surface area (Å²) in [4.78, 5) is 21.9. The maximum absolute atomic E-state index is 11.4. The highest BCUT2D eigenvalue weighted by molar-refractivity contribution is 5.78. The van der Waals surface area contributed by atoms with E-state index in [4.69, 9.17) is 5.11 Å². The molecule has 0 heterocycles. The molecule has 94 valence electrons. The van der Waals surface area contributed by atoms with Gasteiger partial charge in [0, 0.05) is 0 Å². The Kier molecular flexibility index (Phi) is 4.49. The monoisotopic (exact) mass is 232 g/mol. The Bertz CT molecular complexity index is 279. The highest BCUT2D eigenvalue weighted by Gasteiger charge is 2.53. The van der Waals surface area contributed by atoms with E-state index in [0.717, 1.165) is 0 Å². The Morgan fingerprint density at radius 1 is 1.19 bits per heavy atom. The predicted molar refractivity (Wildman–Crippen MR) is 58.1 cm³/mol. The number of aliphatic hydroxyl groups excluding tert-OH is 1. The molecule has 0 aliphatic heterocycles. The SMILES string of the molecule is CCC(C(=O)O)([C@H](O)CC(=O)O)C(C)(C)C. The van der Waals surface area contributed by atoms with Gasteiger partial charge in [0.2, 0.25) is 0 Å². The first-order chi connectivity index (χ1) is 7.09. The Morgan fingerprint density at radius 3 is 1.81 bits per heavy atom. The number of aliphatic carboxylic acids is 2. The third-order valence-electron chi connectivity index (χ3n) is 3.21. The van der Waals surface area contributed by atoms with E-state index in [0.29, 0.717) is 0 Å². The summed E-state index contributed by atoms with van der Waals surface area (Å²) in [5, 5.41) is 27.8. The summed E-state index contributed by atoms with van der Waals surface area (Å²) < 4.78 is 0. The van der Waals surface area contributed by atoms with E-state index in [2.05, 4.69) is 0 Å². The van der Waals surface area contributed by atoms with Crippen molar-refractivity contribution < 1.29 is 24.9 Å². The molecular weight excluding hydrogens is 212 g/mol. The summed E-state index contributed by atoms with van der Waals surface area (Å²) in [6.07, 6.45) is -1.77. The fraction of sp³-hybridized carbons (Fsp3) is 0.818. The van der Waals surface area contributed by atoms with Gasteiger partial charge in [-0.05, 0) is 11.8 Å². The van der Waals surface area contributed by atoms with Crippen molar-refractivity contribution in [2.24, 2.45) is 10.8 Å². The van der Waals surface area contributed by atoms with E-state index in [1.165, 1.54) is 0 Å². The fourth-order valence-electron chi connectivity index (χ4n) is 2.22. The van der Waals surface area contributed by atoms with Crippen molar-refractivity contribution in [1.82, 2.24) is 0 Å². The number of hydrogen-bond donors (Lipinski definition) is 3. The highest BCUT2D eigenvalue weighted by Crippen LogP contribution is 2.45. The van der Waals surface area contributed by atoms with E-state index in [1.807, 2.05) is 0 Å². The van der Waals surface area contributed by atoms with Crippen LogP contribution in [0.4, 0.5) is 0 Å². The van der Waals surface area contributed by atoms with Gasteiger partial charge in [-0.15, -0.1) is 0 Å². The number of aliphatic hydroxyl groups is 1. The molecule has 16 heavy (non-hydrogen) atoms. The van der Waals surface area contributed by atoms with Crippen LogP contribution < -0.4 is 0 Å². The molecule has 0 aliphatic rings. The summed E-state index contributed by atoms with van der Waals surface area (Å²) in [6, 6.07) is 0. The Hall–Kier alpha value is -1.10. The van der Waals surface area contributed by atoms with Crippen molar-refractivity contribution in [2.75, 3.05) is 0 Å². The molecule has 0 rings (SSSR count). The fourth-order valence-corrected chi connectivity index (χ4v) is 2.22. The molecule has 5 heteroatoms. The molecule has 0 spiro atoms. The lowest BCUT2D eigenvalue weighted by Gasteiger charge is -2.43. The molecular formula is C11H20O5. The Balaban J connectivity index is 5.38. The molecule has 0 amide bonds. The van der Waals surface area contributed by atoms with Crippen LogP contribution in [0.15, 0.2) is 0 Å². The number of hydrogen-bond acceptors (Lipinski definition) is 3. The van der Waals surface area contributed by atoms with Gasteiger partial charge in [-0.3, -0.25) is 9.59 Å². The zero-order chi connectivity index (χ0) is 13.1. The third kappa shape index (κ3) is 2.52. The maximum Gasteiger partial charge on any atom is 0.312 e. The second-order valence-corrected chi connectivity index (χ2v) is 4.99. The topological polar surface area (TPSA) is 94.8 Å². The molecule has 1 unspecified atom stereocenters. The van der Waals surface area contributed by atoms with Crippen molar-refractivity contribution in [1.29, 1.82) is 0 Å². The van der Waals surface area contributed by atoms with Crippen molar-refractivity contribution >= 4 is 11.9 Å². The minimum atomic E-state index is -1.44. The number of carbonyl (C=O) groups is 2. The molecule has 3 N–H and O–H groups in total. The van der Waals surface area contributed by atoms with E-state index >= 15 is 0 Å². The summed E-state index contributed by atoms with van der Waals surface area (Å²) in [5.74, 6) is -2.35. The molecule has 0 aromatic heterocycles. The van der Waals surface area contributed by atoms with Crippen LogP contribution in [0.3, 0.4) is 0 Å². The van der Waals surface area contributed by atoms with Gasteiger partial charge in [0.05, 0.1) is 17.9 Å². The quantitative estimate of drug-likeness (QED) is 0.665. The third-order valence-corrected chi connectivity index (χ3v) is 3.21. The van der Waals surface area contributed by atoms with Gasteiger partial charge >= 0.3 is 11.9 Å². The first-order valence-corrected chi connectivity index (χ1v) is 5.22. The number of rotatable bonds is 5. The number of carboxylic acids is 2. The Morgan fingerprint density at radius 2 is 1.62 bits per heavy atom. The standard InChI is InChI=1S/C11H20O5/c1-5-11(9(15)16,10(2,3)4)7(12)6-8(13)14/h7,12H,5-6H2,1-4H3,(H,13,14)(H,15,16)/t7-,11?/m1/s1. The smallest absolute Gasteiger partial charge is 0.312 e. The largest absolute Gasteiger partial charge is 0.481 e. The van der Waals surface area contributed by atoms with Crippen molar-refractivity contribution in [3.8, 4) is 0 Å². The van der Waals surface area contributed by atoms with Gasteiger partial charge in [-0.2, -0.15) is 0 Å². The van der Waals surface area contributed by atoms with E-state index in [1.54, 1.807) is 27.7 Å². The zero-order valence-corrected chi connectivity index (χ0v) is 10.1. The van der Waals surface area contributed by atoms with E-state index in [9.17, 15) is 19.8 Å². The summed E-state index contributed by atoms with van der Waals surface area (Å²) in [5.41, 5.74) is -2.16. The van der Waals surface area contributed by atoms with Crippen LogP contribution in [-0.2, 0) is 9.59 Å². The minimum absolute atomic E-state index is 0.181. The second-order valence-electron chi connectivity index (χ2n) is 4.99. The molecule has 0 bridgehead atoms. The summed E-state index contributed by atoms with van der Waals surface area (Å²) in [7, 11) is 0. The van der Waals surface area contributed by atoms with Gasteiger partial charge < -0.3 is 15.3 Å². The first-order valence-electron chi connectivity index (χ1n) is 5.22. The van der Waals surface area contributed by atoms with Gasteiger partial charge in [0.1, 0.15) is 0 Å².